The molecule has 0 aromatic rings. The molecule has 1 fully saturated rings. The molecule has 7 N–H and O–H groups in total. The molecule has 0 unspecified atom stereocenters. The number of aliphatic imine (C=N–C) groups is 1. The molecule has 0 aromatic heterocycles. The fourth-order valence-electron chi connectivity index (χ4n) is 4.07. The summed E-state index contributed by atoms with van der Waals surface area (Å²) in [4.78, 5) is 27.7. The van der Waals surface area contributed by atoms with E-state index in [1.165, 1.54) is 6.92 Å². The number of carboxylic acids is 1. The van der Waals surface area contributed by atoms with Crippen LogP contribution in [0.25, 0.3) is 0 Å². The van der Waals surface area contributed by atoms with Gasteiger partial charge in [0.15, 0.2) is 5.96 Å². The highest BCUT2D eigenvalue weighted by atomic mass is 16.4. The fraction of sp³-hybridized carbons (Fsp3) is 0.812. The molecule has 0 saturated heterocycles. The zero-order valence-corrected chi connectivity index (χ0v) is 15.0. The van der Waals surface area contributed by atoms with Gasteiger partial charge >= 0.3 is 5.97 Å². The molecule has 0 bridgehead atoms. The van der Waals surface area contributed by atoms with Crippen LogP contribution in [0.5, 0.6) is 0 Å². The molecule has 1 aliphatic rings. The Bertz CT molecular complexity index is 474. The summed E-state index contributed by atoms with van der Waals surface area (Å²) < 4.78 is 0. The third-order valence-corrected chi connectivity index (χ3v) is 5.09. The number of nitrogens with one attached hydrogen (secondary N) is 2. The van der Waals surface area contributed by atoms with E-state index in [0.29, 0.717) is 6.42 Å². The molecule has 0 aliphatic heterocycles. The van der Waals surface area contributed by atoms with Crippen LogP contribution in [-0.2, 0) is 9.59 Å². The van der Waals surface area contributed by atoms with Crippen LogP contribution < -0.4 is 22.1 Å². The van der Waals surface area contributed by atoms with Gasteiger partial charge in [0.1, 0.15) is 0 Å². The summed E-state index contributed by atoms with van der Waals surface area (Å²) in [5, 5.41) is 15.7. The molecule has 1 aliphatic carbocycles. The molecule has 8 heteroatoms. The molecule has 24 heavy (non-hydrogen) atoms. The topological polar surface area (TPSA) is 143 Å². The number of guanidine groups is 1. The average Bonchev–Trinajstić information content (AvgIpc) is 2.84. The van der Waals surface area contributed by atoms with Gasteiger partial charge in [0.2, 0.25) is 5.91 Å². The van der Waals surface area contributed by atoms with Gasteiger partial charge in [0.25, 0.3) is 0 Å². The number of hydrogen-bond donors (Lipinski definition) is 5. The van der Waals surface area contributed by atoms with Crippen molar-refractivity contribution in [1.82, 2.24) is 10.6 Å². The maximum Gasteiger partial charge on any atom is 0.308 e. The Hall–Kier alpha value is -1.83. The zero-order valence-electron chi connectivity index (χ0n) is 15.0. The predicted molar refractivity (Wildman–Crippen MR) is 93.4 cm³/mol. The van der Waals surface area contributed by atoms with Crippen LogP contribution in [0.15, 0.2) is 4.99 Å². The smallest absolute Gasteiger partial charge is 0.308 e. The summed E-state index contributed by atoms with van der Waals surface area (Å²) in [6, 6.07) is -0.841. The van der Waals surface area contributed by atoms with E-state index in [2.05, 4.69) is 29.5 Å². The number of hydrogen-bond acceptors (Lipinski definition) is 4. The second-order valence-electron chi connectivity index (χ2n) is 6.50. The molecule has 1 amide bonds. The molecule has 1 rings (SSSR count). The van der Waals surface area contributed by atoms with Crippen molar-refractivity contribution in [3.8, 4) is 0 Å². The Kier molecular flexibility index (Phi) is 7.47. The van der Waals surface area contributed by atoms with Crippen LogP contribution in [0.2, 0.25) is 0 Å². The van der Waals surface area contributed by atoms with E-state index in [9.17, 15) is 14.7 Å². The Labute approximate surface area is 143 Å². The highest BCUT2D eigenvalue weighted by Crippen LogP contribution is 2.39. The molecule has 1 saturated carbocycles. The number of carboxylic acid groups (broad SMARTS) is 1. The van der Waals surface area contributed by atoms with Gasteiger partial charge in [0, 0.05) is 24.9 Å². The third kappa shape index (κ3) is 4.59. The van der Waals surface area contributed by atoms with E-state index in [1.54, 1.807) is 7.05 Å². The summed E-state index contributed by atoms with van der Waals surface area (Å²) in [5.74, 6) is -1.63. The Morgan fingerprint density at radius 1 is 1.29 bits per heavy atom. The molecule has 0 radical (unpaired) electrons. The third-order valence-electron chi connectivity index (χ3n) is 5.09. The van der Waals surface area contributed by atoms with Crippen LogP contribution in [0.1, 0.15) is 40.0 Å². The van der Waals surface area contributed by atoms with Gasteiger partial charge in [-0.15, -0.1) is 0 Å². The van der Waals surface area contributed by atoms with Gasteiger partial charge in [-0.2, -0.15) is 0 Å². The Balaban J connectivity index is 3.31. The SMILES string of the molecule is CCC(CC)[C@@H](NC(C)=O)[C@@H]1[C@H](NC)[C@@H](C(=O)O)C[C@H]1N=C(N)N. The van der Waals surface area contributed by atoms with Crippen LogP contribution in [0.3, 0.4) is 0 Å². The first-order valence-electron chi connectivity index (χ1n) is 8.52. The summed E-state index contributed by atoms with van der Waals surface area (Å²) >= 11 is 0. The van der Waals surface area contributed by atoms with Gasteiger partial charge in [0.05, 0.1) is 12.0 Å². The summed E-state index contributed by atoms with van der Waals surface area (Å²) in [6.07, 6.45) is 2.10. The van der Waals surface area contributed by atoms with E-state index in [0.717, 1.165) is 12.8 Å². The van der Waals surface area contributed by atoms with Crippen molar-refractivity contribution < 1.29 is 14.7 Å². The summed E-state index contributed by atoms with van der Waals surface area (Å²) in [6.45, 7) is 5.61. The highest BCUT2D eigenvalue weighted by Gasteiger charge is 2.50. The maximum absolute atomic E-state index is 11.8. The van der Waals surface area contributed by atoms with E-state index >= 15 is 0 Å². The molecule has 0 heterocycles. The number of carbonyl (C=O) groups excluding carboxylic acids is 1. The largest absolute Gasteiger partial charge is 0.481 e. The molecular weight excluding hydrogens is 310 g/mol. The Morgan fingerprint density at radius 2 is 1.88 bits per heavy atom. The average molecular weight is 341 g/mol. The van der Waals surface area contributed by atoms with Crippen molar-refractivity contribution in [2.24, 2.45) is 34.2 Å². The van der Waals surface area contributed by atoms with Crippen molar-refractivity contribution in [2.75, 3.05) is 7.05 Å². The summed E-state index contributed by atoms with van der Waals surface area (Å²) in [5.41, 5.74) is 11.1. The molecule has 8 nitrogen and oxygen atoms in total. The maximum atomic E-state index is 11.8. The molecule has 138 valence electrons. The van der Waals surface area contributed by atoms with Crippen LogP contribution >= 0.6 is 0 Å². The van der Waals surface area contributed by atoms with Gasteiger partial charge < -0.3 is 27.2 Å². The normalized spacial score (nSPS) is 27.7. The van der Waals surface area contributed by atoms with Gasteiger partial charge in [-0.1, -0.05) is 26.7 Å². The number of nitrogens with zero attached hydrogens (tertiary/aromatic N) is 1. The fourth-order valence-corrected chi connectivity index (χ4v) is 4.07. The van der Waals surface area contributed by atoms with Crippen LogP contribution in [-0.4, -0.2) is 48.1 Å². The lowest BCUT2D eigenvalue weighted by molar-refractivity contribution is -0.142. The van der Waals surface area contributed by atoms with Crippen LogP contribution in [0.4, 0.5) is 0 Å². The molecule has 5 atom stereocenters. The number of rotatable bonds is 8. The second-order valence-corrected chi connectivity index (χ2v) is 6.50. The standard InChI is InChI=1S/C16H31N5O3/c1-5-9(6-2)13(20-8(3)22)12-11(21-16(17)18)7-10(15(23)24)14(12)19-4/h9-14,19H,5-7H2,1-4H3,(H,20,22)(H,23,24)(H4,17,18,21)/t10-,11+,12+,13+,14+/m0/s1. The lowest BCUT2D eigenvalue weighted by atomic mass is 9.79. The number of nitrogens with two attached hydrogens (primary N) is 2. The van der Waals surface area contributed by atoms with E-state index in [4.69, 9.17) is 11.5 Å². The van der Waals surface area contributed by atoms with E-state index in [-0.39, 0.29) is 41.8 Å². The van der Waals surface area contributed by atoms with Crippen molar-refractivity contribution in [3.05, 3.63) is 0 Å². The molecule has 0 spiro atoms. The first kappa shape index (κ1) is 20.2. The van der Waals surface area contributed by atoms with Gasteiger partial charge in [-0.3, -0.25) is 9.59 Å². The van der Waals surface area contributed by atoms with E-state index < -0.39 is 11.9 Å². The minimum absolute atomic E-state index is 0.0583. The highest BCUT2D eigenvalue weighted by molar-refractivity contribution is 5.77. The van der Waals surface area contributed by atoms with Crippen LogP contribution in [0, 0.1) is 17.8 Å². The van der Waals surface area contributed by atoms with Crippen molar-refractivity contribution in [1.29, 1.82) is 0 Å². The number of amides is 1. The number of carbonyl (C=O) groups is 2. The summed E-state index contributed by atoms with van der Waals surface area (Å²) in [7, 11) is 1.74. The van der Waals surface area contributed by atoms with Gasteiger partial charge in [-0.25, -0.2) is 4.99 Å². The predicted octanol–water partition coefficient (Wildman–Crippen LogP) is -0.122. The zero-order chi connectivity index (χ0) is 18.4. The monoisotopic (exact) mass is 341 g/mol. The van der Waals surface area contributed by atoms with Crippen molar-refractivity contribution in [2.45, 2.75) is 58.2 Å². The lowest BCUT2D eigenvalue weighted by Gasteiger charge is -2.37. The number of aliphatic carboxylic acids is 1. The molecule has 0 aromatic carbocycles. The minimum atomic E-state index is -0.876. The Morgan fingerprint density at radius 3 is 2.25 bits per heavy atom. The molecular formula is C16H31N5O3. The first-order valence-corrected chi connectivity index (χ1v) is 8.52. The van der Waals surface area contributed by atoms with Crippen molar-refractivity contribution >= 4 is 17.8 Å². The second kappa shape index (κ2) is 8.86. The lowest BCUT2D eigenvalue weighted by Crippen LogP contribution is -2.54. The van der Waals surface area contributed by atoms with E-state index in [1.807, 2.05) is 0 Å². The quantitative estimate of drug-likeness (QED) is 0.308. The minimum Gasteiger partial charge on any atom is -0.481 e. The van der Waals surface area contributed by atoms with Crippen molar-refractivity contribution in [3.63, 3.8) is 0 Å². The van der Waals surface area contributed by atoms with Gasteiger partial charge in [-0.05, 0) is 19.4 Å². The first-order chi connectivity index (χ1) is 11.3.